The van der Waals surface area contributed by atoms with Gasteiger partial charge in [-0.05, 0) is 60.8 Å². The summed E-state index contributed by atoms with van der Waals surface area (Å²) in [7, 11) is 1.92. The molecule has 1 aromatic rings. The highest BCUT2D eigenvalue weighted by Crippen LogP contribution is 2.42. The van der Waals surface area contributed by atoms with Crippen LogP contribution in [0.15, 0.2) is 15.9 Å². The molecule has 114 valence electrons. The highest BCUT2D eigenvalue weighted by Gasteiger charge is 2.56. The van der Waals surface area contributed by atoms with Crippen molar-refractivity contribution in [3.8, 4) is 0 Å². The molecule has 1 N–H and O–H groups in total. The SMILES string of the molecule is CN(Cc1ccc(Br)s1)CN1C(=O)N[C@@](C)(C2CC2)C1=O. The van der Waals surface area contributed by atoms with Gasteiger partial charge in [0.1, 0.15) is 5.54 Å². The molecule has 7 heteroatoms. The number of rotatable bonds is 5. The molecule has 0 spiro atoms. The van der Waals surface area contributed by atoms with Gasteiger partial charge in [-0.1, -0.05) is 0 Å². The van der Waals surface area contributed by atoms with Crippen molar-refractivity contribution in [1.29, 1.82) is 0 Å². The van der Waals surface area contributed by atoms with Crippen LogP contribution < -0.4 is 5.32 Å². The van der Waals surface area contributed by atoms with Crippen LogP contribution in [0, 0.1) is 5.92 Å². The summed E-state index contributed by atoms with van der Waals surface area (Å²) in [6.45, 7) is 2.89. The van der Waals surface area contributed by atoms with Gasteiger partial charge < -0.3 is 5.32 Å². The fraction of sp³-hybridized carbons (Fsp3) is 0.571. The number of urea groups is 1. The van der Waals surface area contributed by atoms with E-state index in [9.17, 15) is 9.59 Å². The minimum atomic E-state index is -0.691. The second kappa shape index (κ2) is 5.37. The third kappa shape index (κ3) is 2.86. The number of imide groups is 1. The van der Waals surface area contributed by atoms with Gasteiger partial charge >= 0.3 is 6.03 Å². The number of hydrogen-bond acceptors (Lipinski definition) is 4. The Morgan fingerprint density at radius 3 is 2.76 bits per heavy atom. The van der Waals surface area contributed by atoms with E-state index in [1.165, 1.54) is 9.78 Å². The topological polar surface area (TPSA) is 52.6 Å². The van der Waals surface area contributed by atoms with E-state index in [4.69, 9.17) is 0 Å². The lowest BCUT2D eigenvalue weighted by Gasteiger charge is -2.24. The maximum absolute atomic E-state index is 12.5. The van der Waals surface area contributed by atoms with E-state index in [2.05, 4.69) is 21.2 Å². The summed E-state index contributed by atoms with van der Waals surface area (Å²) in [4.78, 5) is 29.1. The van der Waals surface area contributed by atoms with E-state index < -0.39 is 5.54 Å². The van der Waals surface area contributed by atoms with Crippen LogP contribution >= 0.6 is 27.3 Å². The maximum Gasteiger partial charge on any atom is 0.326 e. The van der Waals surface area contributed by atoms with E-state index in [0.717, 1.165) is 16.6 Å². The molecule has 21 heavy (non-hydrogen) atoms. The number of amides is 3. The summed E-state index contributed by atoms with van der Waals surface area (Å²) in [6, 6.07) is 3.78. The standard InChI is InChI=1S/C14H18BrN3O2S/c1-14(9-3-4-9)12(19)18(13(20)16-14)8-17(2)7-10-5-6-11(15)21-10/h5-6,9H,3-4,7-8H2,1-2H3,(H,16,20)/t14-/m0/s1. The van der Waals surface area contributed by atoms with Crippen LogP contribution in [0.5, 0.6) is 0 Å². The largest absolute Gasteiger partial charge is 0.326 e. The monoisotopic (exact) mass is 371 g/mol. The molecule has 1 saturated carbocycles. The van der Waals surface area contributed by atoms with Crippen LogP contribution in [0.25, 0.3) is 0 Å². The smallest absolute Gasteiger partial charge is 0.323 e. The summed E-state index contributed by atoms with van der Waals surface area (Å²) in [5.41, 5.74) is -0.691. The number of halogens is 1. The molecule has 1 atom stereocenters. The zero-order chi connectivity index (χ0) is 15.2. The Labute approximate surface area is 136 Å². The van der Waals surface area contributed by atoms with Crippen molar-refractivity contribution in [2.75, 3.05) is 13.7 Å². The zero-order valence-corrected chi connectivity index (χ0v) is 14.5. The Morgan fingerprint density at radius 1 is 1.48 bits per heavy atom. The average molecular weight is 372 g/mol. The van der Waals surface area contributed by atoms with Crippen molar-refractivity contribution in [1.82, 2.24) is 15.1 Å². The highest BCUT2D eigenvalue weighted by atomic mass is 79.9. The second-order valence-electron chi connectivity index (χ2n) is 6.00. The molecule has 1 aliphatic carbocycles. The Morgan fingerprint density at radius 2 is 2.19 bits per heavy atom. The molecule has 0 unspecified atom stereocenters. The quantitative estimate of drug-likeness (QED) is 0.809. The normalized spacial score (nSPS) is 25.8. The van der Waals surface area contributed by atoms with Gasteiger partial charge in [-0.3, -0.25) is 9.69 Å². The fourth-order valence-electron chi connectivity index (χ4n) is 2.78. The molecule has 2 aliphatic rings. The van der Waals surface area contributed by atoms with Crippen molar-refractivity contribution < 1.29 is 9.59 Å². The first kappa shape index (κ1) is 15.0. The van der Waals surface area contributed by atoms with Crippen molar-refractivity contribution in [3.63, 3.8) is 0 Å². The van der Waals surface area contributed by atoms with Crippen molar-refractivity contribution in [2.24, 2.45) is 5.92 Å². The van der Waals surface area contributed by atoms with Crippen LogP contribution in [0.2, 0.25) is 0 Å². The number of nitrogens with one attached hydrogen (secondary N) is 1. The zero-order valence-electron chi connectivity index (χ0n) is 12.1. The lowest BCUT2D eigenvalue weighted by molar-refractivity contribution is -0.132. The number of thiophene rings is 1. The average Bonchev–Trinajstić information content (AvgIpc) is 3.16. The first-order valence-corrected chi connectivity index (χ1v) is 8.58. The van der Waals surface area contributed by atoms with E-state index in [1.807, 2.05) is 31.0 Å². The molecule has 2 fully saturated rings. The van der Waals surface area contributed by atoms with Crippen LogP contribution in [0.1, 0.15) is 24.6 Å². The molecule has 5 nitrogen and oxygen atoms in total. The predicted molar refractivity (Wildman–Crippen MR) is 84.9 cm³/mol. The van der Waals surface area contributed by atoms with E-state index >= 15 is 0 Å². The minimum Gasteiger partial charge on any atom is -0.323 e. The summed E-state index contributed by atoms with van der Waals surface area (Å²) in [5, 5.41) is 2.87. The first-order valence-electron chi connectivity index (χ1n) is 6.97. The number of carbonyl (C=O) groups excluding carboxylic acids is 2. The molecule has 0 bridgehead atoms. The lowest BCUT2D eigenvalue weighted by atomic mass is 9.96. The van der Waals surface area contributed by atoms with Crippen molar-refractivity contribution >= 4 is 39.2 Å². The van der Waals surface area contributed by atoms with Crippen LogP contribution in [-0.2, 0) is 11.3 Å². The molecule has 1 saturated heterocycles. The number of hydrogen-bond donors (Lipinski definition) is 1. The molecule has 0 radical (unpaired) electrons. The van der Waals surface area contributed by atoms with Gasteiger partial charge in [0.15, 0.2) is 0 Å². The second-order valence-corrected chi connectivity index (χ2v) is 8.55. The summed E-state index contributed by atoms with van der Waals surface area (Å²) < 4.78 is 1.09. The van der Waals surface area contributed by atoms with Crippen LogP contribution in [0.4, 0.5) is 4.79 Å². The van der Waals surface area contributed by atoms with Crippen LogP contribution in [0.3, 0.4) is 0 Å². The molecular formula is C14H18BrN3O2S. The Kier molecular flexibility index (Phi) is 3.83. The first-order chi connectivity index (χ1) is 9.90. The van der Waals surface area contributed by atoms with Gasteiger partial charge in [0.05, 0.1) is 10.5 Å². The van der Waals surface area contributed by atoms with Gasteiger partial charge in [-0.15, -0.1) is 11.3 Å². The minimum absolute atomic E-state index is 0.0887. The molecule has 3 amide bonds. The predicted octanol–water partition coefficient (Wildman–Crippen LogP) is 2.62. The molecule has 0 aromatic carbocycles. The molecule has 2 heterocycles. The molecule has 3 rings (SSSR count). The van der Waals surface area contributed by atoms with E-state index in [0.29, 0.717) is 19.1 Å². The summed E-state index contributed by atoms with van der Waals surface area (Å²) in [5.74, 6) is 0.215. The van der Waals surface area contributed by atoms with Gasteiger partial charge in [0.25, 0.3) is 5.91 Å². The molecule has 1 aliphatic heterocycles. The Bertz CT molecular complexity index is 587. The van der Waals surface area contributed by atoms with Gasteiger partial charge in [0, 0.05) is 11.4 Å². The van der Waals surface area contributed by atoms with Gasteiger partial charge in [-0.2, -0.15) is 0 Å². The van der Waals surface area contributed by atoms with Crippen molar-refractivity contribution in [2.45, 2.75) is 31.8 Å². The van der Waals surface area contributed by atoms with E-state index in [1.54, 1.807) is 11.3 Å². The van der Waals surface area contributed by atoms with Crippen molar-refractivity contribution in [3.05, 3.63) is 20.8 Å². The summed E-state index contributed by atoms with van der Waals surface area (Å²) in [6.07, 6.45) is 2.05. The Hall–Kier alpha value is -0.920. The highest BCUT2D eigenvalue weighted by molar-refractivity contribution is 9.11. The number of carbonyl (C=O) groups is 2. The Balaban J connectivity index is 1.64. The van der Waals surface area contributed by atoms with Gasteiger partial charge in [0.2, 0.25) is 0 Å². The summed E-state index contributed by atoms with van der Waals surface area (Å²) >= 11 is 5.10. The van der Waals surface area contributed by atoms with Gasteiger partial charge in [-0.25, -0.2) is 9.69 Å². The van der Waals surface area contributed by atoms with Crippen LogP contribution in [-0.4, -0.2) is 41.0 Å². The molecule has 1 aromatic heterocycles. The third-order valence-electron chi connectivity index (χ3n) is 4.13. The molecular weight excluding hydrogens is 354 g/mol. The van der Waals surface area contributed by atoms with E-state index in [-0.39, 0.29) is 11.9 Å². The lowest BCUT2D eigenvalue weighted by Crippen LogP contribution is -2.46. The maximum atomic E-state index is 12.5. The fourth-order valence-corrected chi connectivity index (χ4v) is 4.34. The third-order valence-corrected chi connectivity index (χ3v) is 5.74. The number of nitrogens with zero attached hydrogens (tertiary/aromatic N) is 2.